The van der Waals surface area contributed by atoms with Crippen molar-refractivity contribution in [1.29, 1.82) is 0 Å². The van der Waals surface area contributed by atoms with Gasteiger partial charge in [0, 0.05) is 44.4 Å². The van der Waals surface area contributed by atoms with Crippen LogP contribution in [-0.4, -0.2) is 15.2 Å². The number of fused-ring (bicyclic) bond motifs is 3. The van der Waals surface area contributed by atoms with E-state index in [0.29, 0.717) is 0 Å². The second-order valence-corrected chi connectivity index (χ2v) is 6.71. The normalized spacial score (nSPS) is 11.7. The summed E-state index contributed by atoms with van der Waals surface area (Å²) >= 11 is 0. The molecule has 3 heterocycles. The first-order chi connectivity index (χ1) is 13.3. The second kappa shape index (κ2) is 5.32. The van der Waals surface area contributed by atoms with Crippen LogP contribution in [0.5, 0.6) is 0 Å². The molecule has 6 aromatic rings. The zero-order valence-electron chi connectivity index (χ0n) is 14.3. The Bertz CT molecular complexity index is 1400. The zero-order valence-corrected chi connectivity index (χ0v) is 14.3. The lowest BCUT2D eigenvalue weighted by atomic mass is 10.1. The summed E-state index contributed by atoms with van der Waals surface area (Å²) < 4.78 is 7.88. The van der Waals surface area contributed by atoms with Gasteiger partial charge in [-0.15, -0.1) is 0 Å². The van der Waals surface area contributed by atoms with Crippen molar-refractivity contribution in [3.63, 3.8) is 0 Å². The molecule has 0 amide bonds. The second-order valence-electron chi connectivity index (χ2n) is 6.71. The number of aromatic amines is 2. The van der Waals surface area contributed by atoms with E-state index in [1.807, 2.05) is 36.7 Å². The monoisotopic (exact) mass is 351 g/mol. The van der Waals surface area contributed by atoms with E-state index in [4.69, 9.17) is 4.52 Å². The number of nitrogens with zero attached hydrogens (tertiary/aromatic N) is 2. The van der Waals surface area contributed by atoms with E-state index in [9.17, 15) is 0 Å². The molecule has 0 aliphatic heterocycles. The van der Waals surface area contributed by atoms with Gasteiger partial charge in [-0.05, 0) is 30.3 Å². The molecule has 0 saturated heterocycles. The third-order valence-electron chi connectivity index (χ3n) is 4.99. The highest BCUT2D eigenvalue weighted by molar-refractivity contribution is 5.88. The van der Waals surface area contributed by atoms with Gasteiger partial charge in [-0.25, -0.2) is 4.52 Å². The number of benzene rings is 3. The lowest BCUT2D eigenvalue weighted by molar-refractivity contribution is -0.779. The van der Waals surface area contributed by atoms with Gasteiger partial charge in [0.05, 0.1) is 17.1 Å². The number of para-hydroxylation sites is 1. The third-order valence-corrected chi connectivity index (χ3v) is 4.99. The summed E-state index contributed by atoms with van der Waals surface area (Å²) in [5.41, 5.74) is 6.10. The van der Waals surface area contributed by atoms with Crippen LogP contribution in [0.1, 0.15) is 0 Å². The molecule has 27 heavy (non-hydrogen) atoms. The van der Waals surface area contributed by atoms with Crippen LogP contribution < -0.4 is 4.74 Å². The fraction of sp³-hybridized carbons (Fsp3) is 0. The molecule has 3 aromatic carbocycles. The van der Waals surface area contributed by atoms with Gasteiger partial charge in [0.1, 0.15) is 0 Å². The third kappa shape index (κ3) is 2.25. The lowest BCUT2D eigenvalue weighted by Gasteiger charge is -1.95. The standard InChI is InChI=1S/C22H14N4O/c1-2-4-19-14(3-1)9-20(24-19)15-5-6-17-13-26(27-22(17)10-15)18-8-7-16-12-23-25-21(16)11-18/h1-13H,(H,23,25)/p+1. The number of hydrogen-bond acceptors (Lipinski definition) is 2. The molecule has 0 bridgehead atoms. The summed E-state index contributed by atoms with van der Waals surface area (Å²) in [6.07, 6.45) is 3.82. The minimum absolute atomic E-state index is 0.843. The fourth-order valence-corrected chi connectivity index (χ4v) is 3.56. The number of H-pyrrole nitrogens is 2. The minimum atomic E-state index is 0.843. The average Bonchev–Trinajstić information content (AvgIpc) is 3.42. The highest BCUT2D eigenvalue weighted by atomic mass is 16.5. The molecular weight excluding hydrogens is 336 g/mol. The summed E-state index contributed by atoms with van der Waals surface area (Å²) in [7, 11) is 0. The van der Waals surface area contributed by atoms with Crippen molar-refractivity contribution in [2.45, 2.75) is 0 Å². The van der Waals surface area contributed by atoms with E-state index in [1.54, 1.807) is 4.74 Å². The number of nitrogens with one attached hydrogen (secondary N) is 2. The largest absolute Gasteiger partial charge is 0.355 e. The molecule has 0 atom stereocenters. The Morgan fingerprint density at radius 1 is 0.815 bits per heavy atom. The van der Waals surface area contributed by atoms with Crippen molar-refractivity contribution >= 4 is 32.8 Å². The van der Waals surface area contributed by atoms with Gasteiger partial charge in [0.25, 0.3) is 5.69 Å². The SMILES string of the molecule is c1ccc2[nH]c(-c3ccc4c[n+](-c5ccc6cn[nH]c6c5)oc4c3)cc2c1. The number of rotatable bonds is 2. The van der Waals surface area contributed by atoms with Gasteiger partial charge in [0.2, 0.25) is 11.8 Å². The van der Waals surface area contributed by atoms with Crippen molar-refractivity contribution in [2.75, 3.05) is 0 Å². The molecule has 0 saturated carbocycles. The Morgan fingerprint density at radius 2 is 1.74 bits per heavy atom. The molecule has 0 aliphatic rings. The lowest BCUT2D eigenvalue weighted by Crippen LogP contribution is -2.26. The summed E-state index contributed by atoms with van der Waals surface area (Å²) in [6, 6.07) is 22.8. The quantitative estimate of drug-likeness (QED) is 0.443. The first-order valence-corrected chi connectivity index (χ1v) is 8.81. The molecule has 2 N–H and O–H groups in total. The molecule has 128 valence electrons. The van der Waals surface area contributed by atoms with Gasteiger partial charge in [-0.2, -0.15) is 5.10 Å². The van der Waals surface area contributed by atoms with Crippen LogP contribution in [0.2, 0.25) is 0 Å². The van der Waals surface area contributed by atoms with E-state index in [0.717, 1.165) is 44.3 Å². The predicted octanol–water partition coefficient (Wildman–Crippen LogP) is 4.73. The summed E-state index contributed by atoms with van der Waals surface area (Å²) in [6.45, 7) is 0. The van der Waals surface area contributed by atoms with Crippen LogP contribution in [0, 0.1) is 0 Å². The van der Waals surface area contributed by atoms with Gasteiger partial charge >= 0.3 is 0 Å². The van der Waals surface area contributed by atoms with E-state index in [-0.39, 0.29) is 0 Å². The Balaban J connectivity index is 1.46. The molecule has 0 spiro atoms. The van der Waals surface area contributed by atoms with Crippen LogP contribution in [-0.2, 0) is 0 Å². The van der Waals surface area contributed by atoms with Crippen molar-refractivity contribution < 1.29 is 9.26 Å². The topological polar surface area (TPSA) is 61.5 Å². The van der Waals surface area contributed by atoms with Crippen LogP contribution in [0.3, 0.4) is 0 Å². The molecule has 5 nitrogen and oxygen atoms in total. The van der Waals surface area contributed by atoms with E-state index in [2.05, 4.69) is 57.6 Å². The van der Waals surface area contributed by atoms with Gasteiger partial charge in [-0.3, -0.25) is 5.10 Å². The molecule has 5 heteroatoms. The molecule has 0 radical (unpaired) electrons. The summed E-state index contributed by atoms with van der Waals surface area (Å²) in [5.74, 6) is 0. The molecule has 0 fully saturated rings. The smallest absolute Gasteiger partial charge is 0.260 e. The van der Waals surface area contributed by atoms with E-state index >= 15 is 0 Å². The Labute approximate surface area is 153 Å². The maximum Gasteiger partial charge on any atom is 0.260 e. The van der Waals surface area contributed by atoms with E-state index < -0.39 is 0 Å². The van der Waals surface area contributed by atoms with E-state index in [1.165, 1.54) is 5.39 Å². The van der Waals surface area contributed by atoms with Crippen LogP contribution in [0.4, 0.5) is 0 Å². The maximum atomic E-state index is 6.08. The van der Waals surface area contributed by atoms with Crippen molar-refractivity contribution in [2.24, 2.45) is 0 Å². The van der Waals surface area contributed by atoms with Crippen molar-refractivity contribution in [3.8, 4) is 16.9 Å². The Hall–Kier alpha value is -3.86. The highest BCUT2D eigenvalue weighted by Crippen LogP contribution is 2.27. The van der Waals surface area contributed by atoms with Crippen LogP contribution in [0.25, 0.3) is 49.7 Å². The molecule has 0 aliphatic carbocycles. The Morgan fingerprint density at radius 3 is 2.70 bits per heavy atom. The van der Waals surface area contributed by atoms with Crippen molar-refractivity contribution in [3.05, 3.63) is 79.1 Å². The maximum absolute atomic E-state index is 6.08. The van der Waals surface area contributed by atoms with Crippen LogP contribution >= 0.6 is 0 Å². The molecule has 6 rings (SSSR count). The van der Waals surface area contributed by atoms with Gasteiger partial charge < -0.3 is 4.98 Å². The zero-order chi connectivity index (χ0) is 17.8. The Kier molecular flexibility index (Phi) is 2.82. The molecular formula is C22H15N4O+. The first kappa shape index (κ1) is 14.3. The highest BCUT2D eigenvalue weighted by Gasteiger charge is 2.16. The predicted molar refractivity (Wildman–Crippen MR) is 105 cm³/mol. The summed E-state index contributed by atoms with van der Waals surface area (Å²) in [4.78, 5) is 3.47. The average molecular weight is 351 g/mol. The van der Waals surface area contributed by atoms with Crippen molar-refractivity contribution in [1.82, 2.24) is 15.2 Å². The number of hydrogen-bond donors (Lipinski definition) is 2. The summed E-state index contributed by atoms with van der Waals surface area (Å²) in [5, 5.41) is 10.4. The fourth-order valence-electron chi connectivity index (χ4n) is 3.56. The first-order valence-electron chi connectivity index (χ1n) is 8.81. The number of aromatic nitrogens is 4. The van der Waals surface area contributed by atoms with Gasteiger partial charge in [-0.1, -0.05) is 24.3 Å². The van der Waals surface area contributed by atoms with Gasteiger partial charge in [0.15, 0.2) is 0 Å². The molecule has 3 aromatic heterocycles. The van der Waals surface area contributed by atoms with Crippen LogP contribution in [0.15, 0.2) is 83.6 Å². The molecule has 0 unspecified atom stereocenters. The minimum Gasteiger partial charge on any atom is -0.355 e.